The molecule has 1 saturated heterocycles. The largest absolute Gasteiger partial charge is 0.365 e. The molecule has 0 amide bonds. The SMILES string of the molecule is C[C@@H](c1nc(NCc2ccccc2)c2ccccc2n1)N1CCN(S(=O)(=O)c2ccc(Br)cc2)CC1. The Balaban J connectivity index is 1.32. The van der Waals surface area contributed by atoms with Crippen LogP contribution >= 0.6 is 15.9 Å². The number of hydrogen-bond donors (Lipinski definition) is 1. The molecular weight excluding hydrogens is 538 g/mol. The molecule has 0 radical (unpaired) electrons. The molecule has 1 atom stereocenters. The van der Waals surface area contributed by atoms with E-state index in [1.165, 1.54) is 5.56 Å². The number of aromatic nitrogens is 2. The number of piperazine rings is 1. The van der Waals surface area contributed by atoms with Crippen LogP contribution in [0.1, 0.15) is 24.4 Å². The molecule has 4 aromatic rings. The number of nitrogens with one attached hydrogen (secondary N) is 1. The normalized spacial score (nSPS) is 16.2. The molecule has 1 fully saturated rings. The number of nitrogens with zero attached hydrogens (tertiary/aromatic N) is 4. The zero-order chi connectivity index (χ0) is 25.1. The zero-order valence-corrected chi connectivity index (χ0v) is 22.4. The molecule has 1 N–H and O–H groups in total. The molecule has 9 heteroatoms. The summed E-state index contributed by atoms with van der Waals surface area (Å²) >= 11 is 3.36. The highest BCUT2D eigenvalue weighted by atomic mass is 79.9. The van der Waals surface area contributed by atoms with E-state index >= 15 is 0 Å². The van der Waals surface area contributed by atoms with E-state index in [0.717, 1.165) is 27.0 Å². The molecule has 186 valence electrons. The minimum Gasteiger partial charge on any atom is -0.365 e. The standard InChI is InChI=1S/C27H28BrN5O2S/c1-20(32-15-17-33(18-16-32)36(34,35)23-13-11-22(28)12-14-23)26-30-25-10-6-5-9-24(25)27(31-26)29-19-21-7-3-2-4-8-21/h2-14,20H,15-19H2,1H3,(H,29,30,31)/t20-/m0/s1. The first-order chi connectivity index (χ1) is 17.4. The van der Waals surface area contributed by atoms with E-state index in [1.807, 2.05) is 42.5 Å². The number of sulfonamides is 1. The summed E-state index contributed by atoms with van der Waals surface area (Å²) in [5, 5.41) is 4.47. The Bertz CT molecular complexity index is 1440. The van der Waals surface area contributed by atoms with Gasteiger partial charge in [0.25, 0.3) is 0 Å². The summed E-state index contributed by atoms with van der Waals surface area (Å²) in [5.41, 5.74) is 2.07. The molecule has 0 spiro atoms. The van der Waals surface area contributed by atoms with E-state index in [0.29, 0.717) is 37.6 Å². The van der Waals surface area contributed by atoms with Crippen molar-refractivity contribution < 1.29 is 8.42 Å². The van der Waals surface area contributed by atoms with Gasteiger partial charge in [0.15, 0.2) is 0 Å². The van der Waals surface area contributed by atoms with Crippen LogP contribution in [0.3, 0.4) is 0 Å². The highest BCUT2D eigenvalue weighted by molar-refractivity contribution is 9.10. The molecule has 1 aliphatic rings. The average Bonchev–Trinajstić information content (AvgIpc) is 2.92. The minimum absolute atomic E-state index is 0.0515. The lowest BCUT2D eigenvalue weighted by molar-refractivity contribution is 0.141. The third kappa shape index (κ3) is 5.29. The van der Waals surface area contributed by atoms with Crippen molar-refractivity contribution in [3.63, 3.8) is 0 Å². The predicted octanol–water partition coefficient (Wildman–Crippen LogP) is 5.07. The maximum Gasteiger partial charge on any atom is 0.243 e. The van der Waals surface area contributed by atoms with E-state index in [2.05, 4.69) is 45.2 Å². The van der Waals surface area contributed by atoms with Crippen LogP contribution in [0.25, 0.3) is 10.9 Å². The van der Waals surface area contributed by atoms with Crippen molar-refractivity contribution in [2.24, 2.45) is 0 Å². The highest BCUT2D eigenvalue weighted by Gasteiger charge is 2.31. The van der Waals surface area contributed by atoms with Crippen LogP contribution in [0, 0.1) is 0 Å². The number of rotatable bonds is 7. The van der Waals surface area contributed by atoms with Gasteiger partial charge in [0.1, 0.15) is 11.6 Å². The summed E-state index contributed by atoms with van der Waals surface area (Å²) in [5.74, 6) is 1.54. The van der Waals surface area contributed by atoms with Gasteiger partial charge in [0, 0.05) is 42.6 Å². The van der Waals surface area contributed by atoms with Crippen molar-refractivity contribution in [3.05, 3.63) is 94.7 Å². The first-order valence-corrected chi connectivity index (χ1v) is 14.2. The monoisotopic (exact) mass is 565 g/mol. The van der Waals surface area contributed by atoms with Gasteiger partial charge in [-0.3, -0.25) is 4.90 Å². The summed E-state index contributed by atoms with van der Waals surface area (Å²) in [6.07, 6.45) is 0. The Hall–Kier alpha value is -2.85. The minimum atomic E-state index is -3.52. The molecule has 3 aromatic carbocycles. The van der Waals surface area contributed by atoms with Gasteiger partial charge in [-0.05, 0) is 48.9 Å². The molecular formula is C27H28BrN5O2S. The first-order valence-electron chi connectivity index (χ1n) is 12.0. The number of para-hydroxylation sites is 1. The second kappa shape index (κ2) is 10.6. The van der Waals surface area contributed by atoms with Crippen LogP contribution < -0.4 is 5.32 Å². The molecule has 1 aromatic heterocycles. The molecule has 2 heterocycles. The average molecular weight is 567 g/mol. The van der Waals surface area contributed by atoms with Gasteiger partial charge in [-0.1, -0.05) is 58.4 Å². The van der Waals surface area contributed by atoms with Crippen LogP contribution in [-0.2, 0) is 16.6 Å². The van der Waals surface area contributed by atoms with Crippen molar-refractivity contribution >= 4 is 42.7 Å². The quantitative estimate of drug-likeness (QED) is 0.337. The molecule has 5 rings (SSSR count). The van der Waals surface area contributed by atoms with Gasteiger partial charge >= 0.3 is 0 Å². The van der Waals surface area contributed by atoms with Crippen molar-refractivity contribution in [1.82, 2.24) is 19.2 Å². The van der Waals surface area contributed by atoms with Crippen molar-refractivity contribution in [1.29, 1.82) is 0 Å². The molecule has 0 aliphatic carbocycles. The second-order valence-corrected chi connectivity index (χ2v) is 11.7. The van der Waals surface area contributed by atoms with Gasteiger partial charge in [-0.25, -0.2) is 18.4 Å². The number of benzene rings is 3. The molecule has 0 saturated carbocycles. The third-order valence-corrected chi connectivity index (χ3v) is 9.01. The fourth-order valence-corrected chi connectivity index (χ4v) is 6.13. The maximum absolute atomic E-state index is 13.1. The van der Waals surface area contributed by atoms with Crippen LogP contribution in [0.5, 0.6) is 0 Å². The summed E-state index contributed by atoms with van der Waals surface area (Å²) < 4.78 is 28.6. The first kappa shape index (κ1) is 24.8. The number of anilines is 1. The van der Waals surface area contributed by atoms with Crippen molar-refractivity contribution in [2.75, 3.05) is 31.5 Å². The summed E-state index contributed by atoms with van der Waals surface area (Å²) in [4.78, 5) is 12.3. The van der Waals surface area contributed by atoms with Crippen LogP contribution in [0.15, 0.2) is 88.2 Å². The third-order valence-electron chi connectivity index (χ3n) is 6.57. The molecule has 7 nitrogen and oxygen atoms in total. The Kier molecular flexibility index (Phi) is 7.34. The van der Waals surface area contributed by atoms with Gasteiger partial charge < -0.3 is 5.32 Å². The maximum atomic E-state index is 13.1. The topological polar surface area (TPSA) is 78.4 Å². The zero-order valence-electron chi connectivity index (χ0n) is 20.0. The van der Waals surface area contributed by atoms with Crippen LogP contribution in [-0.4, -0.2) is 53.8 Å². The summed E-state index contributed by atoms with van der Waals surface area (Å²) in [6.45, 7) is 4.83. The highest BCUT2D eigenvalue weighted by Crippen LogP contribution is 2.27. The van der Waals surface area contributed by atoms with Crippen molar-refractivity contribution in [3.8, 4) is 0 Å². The summed E-state index contributed by atoms with van der Waals surface area (Å²) in [6, 6.07) is 25.0. The fraction of sp³-hybridized carbons (Fsp3) is 0.259. The number of halogens is 1. The second-order valence-electron chi connectivity index (χ2n) is 8.86. The van der Waals surface area contributed by atoms with Crippen LogP contribution in [0.2, 0.25) is 0 Å². The number of fused-ring (bicyclic) bond motifs is 1. The lowest BCUT2D eigenvalue weighted by Gasteiger charge is -2.36. The van der Waals surface area contributed by atoms with Crippen LogP contribution in [0.4, 0.5) is 5.82 Å². The lowest BCUT2D eigenvalue weighted by Crippen LogP contribution is -2.49. The molecule has 36 heavy (non-hydrogen) atoms. The van der Waals surface area contributed by atoms with Gasteiger partial charge in [-0.2, -0.15) is 4.31 Å². The van der Waals surface area contributed by atoms with Gasteiger partial charge in [-0.15, -0.1) is 0 Å². The molecule has 0 unspecified atom stereocenters. The van der Waals surface area contributed by atoms with Crippen molar-refractivity contribution in [2.45, 2.75) is 24.4 Å². The van der Waals surface area contributed by atoms with E-state index in [9.17, 15) is 8.42 Å². The fourth-order valence-electron chi connectivity index (χ4n) is 4.45. The summed E-state index contributed by atoms with van der Waals surface area (Å²) in [7, 11) is -3.52. The van der Waals surface area contributed by atoms with E-state index < -0.39 is 10.0 Å². The smallest absolute Gasteiger partial charge is 0.243 e. The van der Waals surface area contributed by atoms with E-state index in [1.54, 1.807) is 28.6 Å². The van der Waals surface area contributed by atoms with Gasteiger partial charge in [0.2, 0.25) is 10.0 Å². The molecule has 1 aliphatic heterocycles. The Morgan fingerprint density at radius 2 is 1.56 bits per heavy atom. The lowest BCUT2D eigenvalue weighted by atomic mass is 10.2. The Morgan fingerprint density at radius 1 is 0.889 bits per heavy atom. The predicted molar refractivity (Wildman–Crippen MR) is 146 cm³/mol. The van der Waals surface area contributed by atoms with E-state index in [4.69, 9.17) is 9.97 Å². The Labute approximate surface area is 220 Å². The molecule has 0 bridgehead atoms. The van der Waals surface area contributed by atoms with E-state index in [-0.39, 0.29) is 6.04 Å². The number of hydrogen-bond acceptors (Lipinski definition) is 6. The van der Waals surface area contributed by atoms with Gasteiger partial charge in [0.05, 0.1) is 16.5 Å². The Morgan fingerprint density at radius 3 is 2.28 bits per heavy atom.